The number of hydrogen-bond acceptors (Lipinski definition) is 5. The molecule has 1 aliphatic heterocycles. The number of carbonyl (C=O) groups is 2. The molecule has 1 N–H and O–H groups in total. The molecule has 2 rings (SSSR count). The first-order valence-electron chi connectivity index (χ1n) is 6.75. The van der Waals surface area contributed by atoms with E-state index in [9.17, 15) is 14.4 Å². The van der Waals surface area contributed by atoms with Crippen molar-refractivity contribution in [3.8, 4) is 0 Å². The summed E-state index contributed by atoms with van der Waals surface area (Å²) in [5.74, 6) is -0.151. The van der Waals surface area contributed by atoms with Crippen LogP contribution in [0.1, 0.15) is 10.5 Å². The van der Waals surface area contributed by atoms with Gasteiger partial charge in [0.25, 0.3) is 11.5 Å². The van der Waals surface area contributed by atoms with Crippen molar-refractivity contribution in [1.29, 1.82) is 0 Å². The Bertz CT molecular complexity index is 555. The molecule has 2 amide bonds. The summed E-state index contributed by atoms with van der Waals surface area (Å²) in [4.78, 5) is 40.0. The van der Waals surface area contributed by atoms with Gasteiger partial charge in [-0.3, -0.25) is 19.3 Å². The van der Waals surface area contributed by atoms with Gasteiger partial charge in [-0.1, -0.05) is 0 Å². The molecular weight excluding hydrogens is 274 g/mol. The predicted molar refractivity (Wildman–Crippen MR) is 75.9 cm³/mol. The van der Waals surface area contributed by atoms with Crippen LogP contribution in [-0.2, 0) is 4.79 Å². The highest BCUT2D eigenvalue weighted by Crippen LogP contribution is 2.06. The molecule has 1 aromatic heterocycles. The van der Waals surface area contributed by atoms with E-state index in [-0.39, 0.29) is 23.1 Å². The number of nitrogens with one attached hydrogen (secondary N) is 1. The van der Waals surface area contributed by atoms with E-state index in [0.29, 0.717) is 32.7 Å². The van der Waals surface area contributed by atoms with Crippen LogP contribution in [0.15, 0.2) is 16.9 Å². The maximum atomic E-state index is 12.2. The third-order valence-electron chi connectivity index (χ3n) is 3.42. The van der Waals surface area contributed by atoms with E-state index in [1.54, 1.807) is 23.9 Å². The first kappa shape index (κ1) is 15.2. The summed E-state index contributed by atoms with van der Waals surface area (Å²) in [6.07, 6.45) is 0. The van der Waals surface area contributed by atoms with Gasteiger partial charge in [-0.05, 0) is 6.07 Å². The van der Waals surface area contributed by atoms with Gasteiger partial charge in [0.1, 0.15) is 5.69 Å². The van der Waals surface area contributed by atoms with Crippen LogP contribution in [0.2, 0.25) is 0 Å². The van der Waals surface area contributed by atoms with E-state index >= 15 is 0 Å². The summed E-state index contributed by atoms with van der Waals surface area (Å²) in [6.45, 7) is 2.75. The van der Waals surface area contributed by atoms with Gasteiger partial charge in [0, 0.05) is 46.3 Å². The van der Waals surface area contributed by atoms with Gasteiger partial charge in [-0.15, -0.1) is 0 Å². The lowest BCUT2D eigenvalue weighted by Gasteiger charge is -2.34. The van der Waals surface area contributed by atoms with Gasteiger partial charge in [0.2, 0.25) is 5.91 Å². The minimum Gasteiger partial charge on any atom is -0.348 e. The van der Waals surface area contributed by atoms with Gasteiger partial charge < -0.3 is 9.80 Å². The second kappa shape index (κ2) is 6.49. The monoisotopic (exact) mass is 293 g/mol. The average Bonchev–Trinajstić information content (AvgIpc) is 2.48. The Morgan fingerprint density at radius 2 is 1.90 bits per heavy atom. The Morgan fingerprint density at radius 3 is 2.43 bits per heavy atom. The Balaban J connectivity index is 1.89. The highest BCUT2D eigenvalue weighted by Gasteiger charge is 2.24. The average molecular weight is 293 g/mol. The maximum absolute atomic E-state index is 12.2. The number of aromatic amines is 1. The Hall–Kier alpha value is -2.22. The minimum atomic E-state index is -0.335. The number of likely N-dealkylation sites (N-methyl/N-ethyl adjacent to an activating group) is 1. The molecule has 8 nitrogen and oxygen atoms in total. The molecule has 0 bridgehead atoms. The van der Waals surface area contributed by atoms with Gasteiger partial charge in [0.15, 0.2) is 0 Å². The topological polar surface area (TPSA) is 89.6 Å². The molecule has 2 heterocycles. The third kappa shape index (κ3) is 3.88. The summed E-state index contributed by atoms with van der Waals surface area (Å²) >= 11 is 0. The third-order valence-corrected chi connectivity index (χ3v) is 3.42. The van der Waals surface area contributed by atoms with Crippen LogP contribution in [0.25, 0.3) is 0 Å². The fourth-order valence-corrected chi connectivity index (χ4v) is 2.07. The van der Waals surface area contributed by atoms with Gasteiger partial charge in [-0.25, -0.2) is 5.10 Å². The second-order valence-electron chi connectivity index (χ2n) is 5.16. The van der Waals surface area contributed by atoms with E-state index < -0.39 is 0 Å². The van der Waals surface area contributed by atoms with Gasteiger partial charge in [0.05, 0.1) is 6.54 Å². The summed E-state index contributed by atoms with van der Waals surface area (Å²) in [7, 11) is 3.45. The zero-order chi connectivity index (χ0) is 15.4. The van der Waals surface area contributed by atoms with Crippen molar-refractivity contribution in [3.05, 3.63) is 28.2 Å². The number of amides is 2. The van der Waals surface area contributed by atoms with Crippen LogP contribution in [0.3, 0.4) is 0 Å². The zero-order valence-electron chi connectivity index (χ0n) is 12.2. The highest BCUT2D eigenvalue weighted by molar-refractivity contribution is 5.92. The molecule has 0 spiro atoms. The first-order valence-corrected chi connectivity index (χ1v) is 6.75. The van der Waals surface area contributed by atoms with Crippen LogP contribution >= 0.6 is 0 Å². The standard InChI is InChI=1S/C13H19N5O3/c1-16(2)12(20)9-17-5-7-18(8-6-17)13(21)10-3-4-11(19)15-14-10/h3-4H,5-9H2,1-2H3,(H,15,19). The van der Waals surface area contributed by atoms with Gasteiger partial charge >= 0.3 is 0 Å². The molecule has 1 aromatic rings. The van der Waals surface area contributed by atoms with Crippen LogP contribution in [0.4, 0.5) is 0 Å². The number of carbonyl (C=O) groups excluding carboxylic acids is 2. The van der Waals surface area contributed by atoms with E-state index in [1.165, 1.54) is 12.1 Å². The number of aromatic nitrogens is 2. The lowest BCUT2D eigenvalue weighted by atomic mass is 10.2. The van der Waals surface area contributed by atoms with Crippen molar-refractivity contribution in [2.24, 2.45) is 0 Å². The SMILES string of the molecule is CN(C)C(=O)CN1CCN(C(=O)c2ccc(=O)[nH]n2)CC1. The lowest BCUT2D eigenvalue weighted by Crippen LogP contribution is -2.51. The molecule has 1 fully saturated rings. The maximum Gasteiger partial charge on any atom is 0.274 e. The highest BCUT2D eigenvalue weighted by atomic mass is 16.2. The molecule has 114 valence electrons. The van der Waals surface area contributed by atoms with Crippen molar-refractivity contribution < 1.29 is 9.59 Å². The normalized spacial score (nSPS) is 15.8. The van der Waals surface area contributed by atoms with Crippen molar-refractivity contribution >= 4 is 11.8 Å². The fourth-order valence-electron chi connectivity index (χ4n) is 2.07. The number of piperazine rings is 1. The molecule has 0 aliphatic carbocycles. The number of rotatable bonds is 3. The first-order chi connectivity index (χ1) is 9.97. The molecule has 0 unspecified atom stereocenters. The molecule has 1 saturated heterocycles. The summed E-state index contributed by atoms with van der Waals surface area (Å²) in [5, 5.41) is 5.99. The fraction of sp³-hybridized carbons (Fsp3) is 0.538. The Labute approximate surface area is 122 Å². The van der Waals surface area contributed by atoms with Crippen LogP contribution in [-0.4, -0.2) is 83.5 Å². The van der Waals surface area contributed by atoms with Crippen molar-refractivity contribution in [3.63, 3.8) is 0 Å². The molecule has 8 heteroatoms. The predicted octanol–water partition coefficient (Wildman–Crippen LogP) is -1.38. The van der Waals surface area contributed by atoms with E-state index in [1.807, 2.05) is 4.90 Å². The van der Waals surface area contributed by atoms with Crippen LogP contribution in [0.5, 0.6) is 0 Å². The molecule has 0 saturated carbocycles. The summed E-state index contributed by atoms with van der Waals surface area (Å²) < 4.78 is 0. The number of hydrogen-bond donors (Lipinski definition) is 1. The smallest absolute Gasteiger partial charge is 0.274 e. The molecular formula is C13H19N5O3. The van der Waals surface area contributed by atoms with Crippen LogP contribution in [0, 0.1) is 0 Å². The molecule has 0 atom stereocenters. The summed E-state index contributed by atoms with van der Waals surface area (Å²) in [5.41, 5.74) is -0.106. The van der Waals surface area contributed by atoms with E-state index in [0.717, 1.165) is 0 Å². The van der Waals surface area contributed by atoms with Crippen molar-refractivity contribution in [2.45, 2.75) is 0 Å². The zero-order valence-corrected chi connectivity index (χ0v) is 12.2. The summed E-state index contributed by atoms with van der Waals surface area (Å²) in [6, 6.07) is 2.70. The minimum absolute atomic E-state index is 0.0528. The molecule has 1 aliphatic rings. The van der Waals surface area contributed by atoms with Crippen molar-refractivity contribution in [1.82, 2.24) is 24.9 Å². The number of nitrogens with zero attached hydrogens (tertiary/aromatic N) is 4. The van der Waals surface area contributed by atoms with Gasteiger partial charge in [-0.2, -0.15) is 5.10 Å². The lowest BCUT2D eigenvalue weighted by molar-refractivity contribution is -0.130. The van der Waals surface area contributed by atoms with E-state index in [2.05, 4.69) is 10.2 Å². The molecule has 0 radical (unpaired) electrons. The quantitative estimate of drug-likeness (QED) is 0.741. The van der Waals surface area contributed by atoms with Crippen LogP contribution < -0.4 is 5.56 Å². The molecule has 21 heavy (non-hydrogen) atoms. The Kier molecular flexibility index (Phi) is 4.69. The van der Waals surface area contributed by atoms with Crippen molar-refractivity contribution in [2.75, 3.05) is 46.8 Å². The van der Waals surface area contributed by atoms with E-state index in [4.69, 9.17) is 0 Å². The Morgan fingerprint density at radius 1 is 1.24 bits per heavy atom. The molecule has 0 aromatic carbocycles. The second-order valence-corrected chi connectivity index (χ2v) is 5.16. The largest absolute Gasteiger partial charge is 0.348 e. The number of H-pyrrole nitrogens is 1.